The maximum Gasteiger partial charge on any atom is 0.149 e. The van der Waals surface area contributed by atoms with E-state index in [0.717, 1.165) is 18.6 Å². The van der Waals surface area contributed by atoms with Gasteiger partial charge in [0.05, 0.1) is 6.61 Å². The van der Waals surface area contributed by atoms with Crippen LogP contribution in [0.15, 0.2) is 24.8 Å². The third kappa shape index (κ3) is 3.27. The van der Waals surface area contributed by atoms with Crippen molar-refractivity contribution in [3.8, 4) is 0 Å². The number of benzene rings is 1. The van der Waals surface area contributed by atoms with Crippen molar-refractivity contribution in [2.45, 2.75) is 20.0 Å². The average Bonchev–Trinajstić information content (AvgIpc) is 2.28. The van der Waals surface area contributed by atoms with Crippen LogP contribution in [0.1, 0.15) is 18.9 Å². The first-order valence-electron chi connectivity index (χ1n) is 5.58. The molecular formula is C13H17F2NO. The van der Waals surface area contributed by atoms with E-state index in [4.69, 9.17) is 5.11 Å². The SMILES string of the molecule is C=CCN(CCC)c1c(F)cc(CO)cc1F. The maximum atomic E-state index is 13.8. The molecule has 0 bridgehead atoms. The number of aliphatic hydroxyl groups excluding tert-OH is 1. The molecule has 94 valence electrons. The van der Waals surface area contributed by atoms with E-state index in [1.165, 1.54) is 0 Å². The second kappa shape index (κ2) is 6.35. The molecule has 0 atom stereocenters. The number of aliphatic hydroxyl groups is 1. The highest BCUT2D eigenvalue weighted by Gasteiger charge is 2.16. The van der Waals surface area contributed by atoms with Crippen molar-refractivity contribution in [2.24, 2.45) is 0 Å². The highest BCUT2D eigenvalue weighted by Crippen LogP contribution is 2.25. The molecule has 4 heteroatoms. The largest absolute Gasteiger partial charge is 0.392 e. The summed E-state index contributed by atoms with van der Waals surface area (Å²) in [6.07, 6.45) is 2.39. The molecule has 0 amide bonds. The Bertz CT molecular complexity index is 370. The van der Waals surface area contributed by atoms with E-state index in [0.29, 0.717) is 13.1 Å². The van der Waals surface area contributed by atoms with Gasteiger partial charge in [-0.15, -0.1) is 6.58 Å². The maximum absolute atomic E-state index is 13.8. The standard InChI is InChI=1S/C13H17F2NO/c1-3-5-16(6-4-2)13-11(14)7-10(9-17)8-12(13)15/h3,7-8,17H,1,4-6,9H2,2H3. The minimum atomic E-state index is -0.649. The normalized spacial score (nSPS) is 10.4. The molecule has 0 saturated carbocycles. The predicted octanol–water partition coefficient (Wildman–Crippen LogP) is 2.86. The summed E-state index contributed by atoms with van der Waals surface area (Å²) in [6.45, 7) is 6.08. The van der Waals surface area contributed by atoms with E-state index >= 15 is 0 Å². The number of nitrogens with zero attached hydrogens (tertiary/aromatic N) is 1. The van der Waals surface area contributed by atoms with Gasteiger partial charge >= 0.3 is 0 Å². The van der Waals surface area contributed by atoms with Crippen molar-refractivity contribution in [3.63, 3.8) is 0 Å². The first-order valence-corrected chi connectivity index (χ1v) is 5.58. The molecule has 0 aliphatic carbocycles. The van der Waals surface area contributed by atoms with Gasteiger partial charge in [-0.25, -0.2) is 8.78 Å². The number of hydrogen-bond donors (Lipinski definition) is 1. The zero-order valence-corrected chi connectivity index (χ0v) is 9.92. The Morgan fingerprint density at radius 1 is 1.35 bits per heavy atom. The third-order valence-electron chi connectivity index (χ3n) is 2.42. The van der Waals surface area contributed by atoms with Gasteiger partial charge in [0.1, 0.15) is 17.3 Å². The van der Waals surface area contributed by atoms with Crippen LogP contribution >= 0.6 is 0 Å². The molecule has 0 spiro atoms. The van der Waals surface area contributed by atoms with Crippen LogP contribution in [0.4, 0.5) is 14.5 Å². The monoisotopic (exact) mass is 241 g/mol. The van der Waals surface area contributed by atoms with Gasteiger partial charge in [0.25, 0.3) is 0 Å². The Morgan fingerprint density at radius 3 is 2.35 bits per heavy atom. The molecular weight excluding hydrogens is 224 g/mol. The van der Waals surface area contributed by atoms with E-state index in [9.17, 15) is 8.78 Å². The summed E-state index contributed by atoms with van der Waals surface area (Å²) in [6, 6.07) is 2.31. The van der Waals surface area contributed by atoms with Gasteiger partial charge in [-0.1, -0.05) is 13.0 Å². The Morgan fingerprint density at radius 2 is 1.94 bits per heavy atom. The van der Waals surface area contributed by atoms with E-state index in [1.807, 2.05) is 6.92 Å². The van der Waals surface area contributed by atoms with Gasteiger partial charge in [0.15, 0.2) is 0 Å². The zero-order chi connectivity index (χ0) is 12.8. The first kappa shape index (κ1) is 13.6. The van der Waals surface area contributed by atoms with Crippen LogP contribution in [0, 0.1) is 11.6 Å². The first-order chi connectivity index (χ1) is 8.13. The molecule has 0 aromatic heterocycles. The van der Waals surface area contributed by atoms with Crippen molar-refractivity contribution in [3.05, 3.63) is 42.0 Å². The summed E-state index contributed by atoms with van der Waals surface area (Å²) >= 11 is 0. The van der Waals surface area contributed by atoms with Gasteiger partial charge in [0, 0.05) is 13.1 Å². The second-order valence-corrected chi connectivity index (χ2v) is 3.80. The van der Waals surface area contributed by atoms with E-state index < -0.39 is 11.6 Å². The lowest BCUT2D eigenvalue weighted by atomic mass is 10.1. The van der Waals surface area contributed by atoms with E-state index in [-0.39, 0.29) is 17.9 Å². The molecule has 1 N–H and O–H groups in total. The molecule has 1 rings (SSSR count). The fraction of sp³-hybridized carbons (Fsp3) is 0.385. The highest BCUT2D eigenvalue weighted by molar-refractivity contribution is 5.51. The molecule has 1 aromatic carbocycles. The Hall–Kier alpha value is -1.42. The van der Waals surface area contributed by atoms with E-state index in [2.05, 4.69) is 6.58 Å². The summed E-state index contributed by atoms with van der Waals surface area (Å²) < 4.78 is 27.5. The zero-order valence-electron chi connectivity index (χ0n) is 9.92. The molecule has 0 aliphatic rings. The quantitative estimate of drug-likeness (QED) is 0.774. The summed E-state index contributed by atoms with van der Waals surface area (Å²) in [5, 5.41) is 8.86. The Labute approximate surface area is 100 Å². The van der Waals surface area contributed by atoms with Gasteiger partial charge in [-0.2, -0.15) is 0 Å². The van der Waals surface area contributed by atoms with Crippen LogP contribution in [-0.4, -0.2) is 18.2 Å². The summed E-state index contributed by atoms with van der Waals surface area (Å²) in [5.74, 6) is -1.30. The van der Waals surface area contributed by atoms with Crippen molar-refractivity contribution in [2.75, 3.05) is 18.0 Å². The molecule has 17 heavy (non-hydrogen) atoms. The smallest absolute Gasteiger partial charge is 0.149 e. The Balaban J connectivity index is 3.13. The number of hydrogen-bond acceptors (Lipinski definition) is 2. The molecule has 1 aromatic rings. The van der Waals surface area contributed by atoms with Crippen molar-refractivity contribution in [1.82, 2.24) is 0 Å². The molecule has 0 saturated heterocycles. The minimum Gasteiger partial charge on any atom is -0.392 e. The molecule has 0 unspecified atom stereocenters. The average molecular weight is 241 g/mol. The van der Waals surface area contributed by atoms with Gasteiger partial charge < -0.3 is 10.0 Å². The molecule has 0 heterocycles. The van der Waals surface area contributed by atoms with Gasteiger partial charge in [0.2, 0.25) is 0 Å². The van der Waals surface area contributed by atoms with Crippen LogP contribution in [0.25, 0.3) is 0 Å². The summed E-state index contributed by atoms with van der Waals surface area (Å²) in [7, 11) is 0. The minimum absolute atomic E-state index is 0.0519. The van der Waals surface area contributed by atoms with Crippen LogP contribution in [0.5, 0.6) is 0 Å². The lowest BCUT2D eigenvalue weighted by Crippen LogP contribution is -2.26. The summed E-state index contributed by atoms with van der Waals surface area (Å²) in [5.41, 5.74) is 0.183. The van der Waals surface area contributed by atoms with Gasteiger partial charge in [-0.3, -0.25) is 0 Å². The number of halogens is 2. The number of rotatable bonds is 6. The molecule has 0 fully saturated rings. The van der Waals surface area contributed by atoms with Crippen molar-refractivity contribution in [1.29, 1.82) is 0 Å². The van der Waals surface area contributed by atoms with Crippen LogP contribution in [-0.2, 0) is 6.61 Å². The molecule has 2 nitrogen and oxygen atoms in total. The van der Waals surface area contributed by atoms with Crippen molar-refractivity contribution < 1.29 is 13.9 Å². The van der Waals surface area contributed by atoms with Gasteiger partial charge in [-0.05, 0) is 24.1 Å². The van der Waals surface area contributed by atoms with Crippen molar-refractivity contribution >= 4 is 5.69 Å². The molecule has 0 aliphatic heterocycles. The third-order valence-corrected chi connectivity index (χ3v) is 2.42. The lowest BCUT2D eigenvalue weighted by Gasteiger charge is -2.24. The topological polar surface area (TPSA) is 23.5 Å². The van der Waals surface area contributed by atoms with Crippen LogP contribution in [0.3, 0.4) is 0 Å². The lowest BCUT2D eigenvalue weighted by molar-refractivity contribution is 0.280. The van der Waals surface area contributed by atoms with E-state index in [1.54, 1.807) is 11.0 Å². The fourth-order valence-electron chi connectivity index (χ4n) is 1.73. The number of anilines is 1. The Kier molecular flexibility index (Phi) is 5.10. The van der Waals surface area contributed by atoms with Crippen LogP contribution in [0.2, 0.25) is 0 Å². The second-order valence-electron chi connectivity index (χ2n) is 3.80. The summed E-state index contributed by atoms with van der Waals surface area (Å²) in [4.78, 5) is 1.60. The predicted molar refractivity (Wildman–Crippen MR) is 65.0 cm³/mol. The molecule has 0 radical (unpaired) electrons. The highest BCUT2D eigenvalue weighted by atomic mass is 19.1. The van der Waals surface area contributed by atoms with Crippen LogP contribution < -0.4 is 4.90 Å². The fourth-order valence-corrected chi connectivity index (χ4v) is 1.73.